The first-order valence-electron chi connectivity index (χ1n) is 4.47. The Morgan fingerprint density at radius 3 is 1.94 bits per heavy atom. The van der Waals surface area contributed by atoms with Crippen molar-refractivity contribution in [2.24, 2.45) is 0 Å². The van der Waals surface area contributed by atoms with Crippen molar-refractivity contribution < 1.29 is 93.9 Å². The average Bonchev–Trinajstić information content (AvgIpc) is 2.15. The van der Waals surface area contributed by atoms with E-state index >= 15 is 0 Å². The summed E-state index contributed by atoms with van der Waals surface area (Å²) in [5.74, 6) is -3.05. The summed E-state index contributed by atoms with van der Waals surface area (Å²) in [6.45, 7) is -2.12. The van der Waals surface area contributed by atoms with Crippen LogP contribution in [0.15, 0.2) is 0 Å². The number of aliphatic hydroxyl groups excluding tert-OH is 2. The second-order valence-electron chi connectivity index (χ2n) is 2.93. The van der Waals surface area contributed by atoms with E-state index in [0.717, 1.165) is 0 Å². The molecule has 0 aromatic carbocycles. The molecule has 18 heavy (non-hydrogen) atoms. The molecule has 0 fully saturated rings. The van der Waals surface area contributed by atoms with Gasteiger partial charge in [0, 0.05) is 13.1 Å². The minimum absolute atomic E-state index is 0. The summed E-state index contributed by atoms with van der Waals surface area (Å²) in [4.78, 5) is 21.2. The van der Waals surface area contributed by atoms with Crippen molar-refractivity contribution in [1.29, 1.82) is 0 Å². The maximum absolute atomic E-state index is 10.3. The number of nitrogens with zero attached hydrogens (tertiary/aromatic N) is 1. The average molecular weight is 281 g/mol. The van der Waals surface area contributed by atoms with Gasteiger partial charge in [-0.25, -0.2) is 0 Å². The van der Waals surface area contributed by atoms with Crippen LogP contribution in [0, 0.1) is 0 Å². The van der Waals surface area contributed by atoms with Crippen LogP contribution in [0.5, 0.6) is 0 Å². The normalized spacial score (nSPS) is 11.3. The Kier molecular flexibility index (Phi) is 18.8. The maximum Gasteiger partial charge on any atom is 1.00 e. The molecule has 0 aliphatic carbocycles. The van der Waals surface area contributed by atoms with Gasteiger partial charge in [-0.15, -0.1) is 0 Å². The standard InChI is InChI=1S/C8H15NO7.2Na/c10-1-2-16-5-6(11)9(3-7(12)13)4-8(14)15;;/h6,10-11H,1-5H2,(H,12,13)(H,14,15);;/q;2*+1/p-2. The van der Waals surface area contributed by atoms with Crippen LogP contribution in [-0.2, 0) is 14.3 Å². The van der Waals surface area contributed by atoms with Crippen molar-refractivity contribution in [2.45, 2.75) is 6.23 Å². The van der Waals surface area contributed by atoms with Crippen LogP contribution in [0.2, 0.25) is 0 Å². The van der Waals surface area contributed by atoms with Crippen molar-refractivity contribution in [1.82, 2.24) is 4.90 Å². The van der Waals surface area contributed by atoms with Crippen LogP contribution in [0.4, 0.5) is 0 Å². The molecule has 10 heteroatoms. The van der Waals surface area contributed by atoms with E-state index in [4.69, 9.17) is 9.84 Å². The number of rotatable bonds is 9. The van der Waals surface area contributed by atoms with Crippen LogP contribution in [0.25, 0.3) is 0 Å². The zero-order valence-electron chi connectivity index (χ0n) is 10.5. The molecule has 0 aliphatic heterocycles. The van der Waals surface area contributed by atoms with Crippen molar-refractivity contribution >= 4 is 11.9 Å². The Labute approximate surface area is 148 Å². The summed E-state index contributed by atoms with van der Waals surface area (Å²) < 4.78 is 4.72. The van der Waals surface area contributed by atoms with Crippen LogP contribution in [0.3, 0.4) is 0 Å². The van der Waals surface area contributed by atoms with Crippen molar-refractivity contribution in [3.05, 3.63) is 0 Å². The van der Waals surface area contributed by atoms with Gasteiger partial charge in [-0.05, 0) is 0 Å². The second kappa shape index (κ2) is 14.2. The van der Waals surface area contributed by atoms with Crippen molar-refractivity contribution in [3.8, 4) is 0 Å². The first-order chi connectivity index (χ1) is 7.47. The Morgan fingerprint density at radius 1 is 1.17 bits per heavy atom. The fourth-order valence-corrected chi connectivity index (χ4v) is 0.957. The molecule has 0 saturated heterocycles. The third kappa shape index (κ3) is 13.2. The van der Waals surface area contributed by atoms with Crippen LogP contribution < -0.4 is 69.3 Å². The minimum Gasteiger partial charge on any atom is -0.549 e. The first kappa shape index (κ1) is 23.8. The van der Waals surface area contributed by atoms with Gasteiger partial charge in [0.1, 0.15) is 6.23 Å². The first-order valence-corrected chi connectivity index (χ1v) is 4.47. The van der Waals surface area contributed by atoms with Crippen LogP contribution >= 0.6 is 0 Å². The van der Waals surface area contributed by atoms with Gasteiger partial charge in [-0.2, -0.15) is 0 Å². The largest absolute Gasteiger partial charge is 1.00 e. The fraction of sp³-hybridized carbons (Fsp3) is 0.750. The van der Waals surface area contributed by atoms with E-state index in [1.54, 1.807) is 0 Å². The molecule has 0 amide bonds. The molecule has 8 nitrogen and oxygen atoms in total. The van der Waals surface area contributed by atoms with Gasteiger partial charge in [0.05, 0.1) is 31.8 Å². The number of aliphatic carboxylic acids is 2. The van der Waals surface area contributed by atoms with E-state index in [0.29, 0.717) is 4.90 Å². The maximum atomic E-state index is 10.3. The number of carboxylic acids is 2. The van der Waals surface area contributed by atoms with Crippen LogP contribution in [0.1, 0.15) is 0 Å². The van der Waals surface area contributed by atoms with E-state index in [-0.39, 0.29) is 78.9 Å². The molecule has 94 valence electrons. The molecule has 1 atom stereocenters. The Morgan fingerprint density at radius 2 is 1.61 bits per heavy atom. The molecule has 0 spiro atoms. The smallest absolute Gasteiger partial charge is 0.549 e. The second-order valence-corrected chi connectivity index (χ2v) is 2.93. The zero-order valence-corrected chi connectivity index (χ0v) is 14.5. The number of ether oxygens (including phenoxy) is 1. The summed E-state index contributed by atoms with van der Waals surface area (Å²) in [6.07, 6.45) is -1.41. The number of hydrogen-bond acceptors (Lipinski definition) is 8. The monoisotopic (exact) mass is 281 g/mol. The van der Waals surface area contributed by atoms with Gasteiger partial charge in [0.2, 0.25) is 0 Å². The Bertz CT molecular complexity index is 225. The number of carboxylic acid groups (broad SMARTS) is 2. The summed E-state index contributed by atoms with van der Waals surface area (Å²) in [6, 6.07) is 0. The topological polar surface area (TPSA) is 133 Å². The SMILES string of the molecule is O=C([O-])CN(CC(=O)[O-])C(O)COCCO.[Na+].[Na+]. The van der Waals surface area contributed by atoms with Gasteiger partial charge < -0.3 is 34.8 Å². The Balaban J connectivity index is -0.00000112. The third-order valence-electron chi connectivity index (χ3n) is 1.59. The number of carbonyl (C=O) groups excluding carboxylic acids is 2. The quantitative estimate of drug-likeness (QED) is 0.242. The molecule has 0 aromatic rings. The van der Waals surface area contributed by atoms with Gasteiger partial charge in [-0.1, -0.05) is 0 Å². The van der Waals surface area contributed by atoms with Crippen molar-refractivity contribution in [2.75, 3.05) is 32.9 Å². The van der Waals surface area contributed by atoms with E-state index in [1.807, 2.05) is 0 Å². The van der Waals surface area contributed by atoms with Gasteiger partial charge in [0.25, 0.3) is 0 Å². The van der Waals surface area contributed by atoms with E-state index in [1.165, 1.54) is 0 Å². The minimum atomic E-state index is -1.53. The van der Waals surface area contributed by atoms with Gasteiger partial charge in [0.15, 0.2) is 0 Å². The molecule has 1 unspecified atom stereocenters. The summed E-state index contributed by atoms with van der Waals surface area (Å²) in [7, 11) is 0. The van der Waals surface area contributed by atoms with E-state index in [2.05, 4.69) is 0 Å². The summed E-state index contributed by atoms with van der Waals surface area (Å²) in [5, 5.41) is 38.3. The molecule has 0 rings (SSSR count). The molecular formula is C8H13NNa2O7. The summed E-state index contributed by atoms with van der Waals surface area (Å²) >= 11 is 0. The number of carbonyl (C=O) groups is 2. The number of hydrogen-bond donors (Lipinski definition) is 2. The predicted octanol–water partition coefficient (Wildman–Crippen LogP) is -10.9. The molecular weight excluding hydrogens is 268 g/mol. The number of aliphatic hydroxyl groups is 2. The molecule has 0 aromatic heterocycles. The predicted molar refractivity (Wildman–Crippen MR) is 45.5 cm³/mol. The van der Waals surface area contributed by atoms with E-state index in [9.17, 15) is 24.9 Å². The zero-order chi connectivity index (χ0) is 12.6. The third-order valence-corrected chi connectivity index (χ3v) is 1.59. The summed E-state index contributed by atoms with van der Waals surface area (Å²) in [5.41, 5.74) is 0. The van der Waals surface area contributed by atoms with Gasteiger partial charge in [-0.3, -0.25) is 4.90 Å². The van der Waals surface area contributed by atoms with E-state index < -0.39 is 31.3 Å². The molecule has 0 saturated carbocycles. The fourth-order valence-electron chi connectivity index (χ4n) is 0.957. The van der Waals surface area contributed by atoms with Crippen molar-refractivity contribution in [3.63, 3.8) is 0 Å². The molecule has 0 radical (unpaired) electrons. The van der Waals surface area contributed by atoms with Gasteiger partial charge >= 0.3 is 59.1 Å². The van der Waals surface area contributed by atoms with Crippen LogP contribution in [-0.4, -0.2) is 66.2 Å². The molecule has 0 aliphatic rings. The molecule has 0 heterocycles. The molecule has 2 N–H and O–H groups in total. The Hall–Kier alpha value is 0.780. The molecule has 0 bridgehead atoms.